The van der Waals surface area contributed by atoms with Gasteiger partial charge in [0.2, 0.25) is 0 Å². The molecule has 0 saturated heterocycles. The number of halogens is 2. The molecule has 6 heteroatoms. The smallest absolute Gasteiger partial charge is 0.319 e. The first-order valence-corrected chi connectivity index (χ1v) is 13.8. The number of carbonyl (C=O) groups excluding carboxylic acids is 2. The predicted molar refractivity (Wildman–Crippen MR) is 135 cm³/mol. The highest BCUT2D eigenvalue weighted by Crippen LogP contribution is 2.09. The minimum Gasteiger partial charge on any atom is -0.466 e. The van der Waals surface area contributed by atoms with Gasteiger partial charge >= 0.3 is 11.9 Å². The molecule has 0 fully saturated rings. The molecular weight excluding hydrogens is 512 g/mol. The van der Waals surface area contributed by atoms with E-state index < -0.39 is 0 Å². The zero-order valence-electron chi connectivity index (χ0n) is 19.9. The van der Waals surface area contributed by atoms with Gasteiger partial charge in [0, 0.05) is 4.83 Å². The van der Waals surface area contributed by atoms with Crippen molar-refractivity contribution in [1.82, 2.24) is 0 Å². The Morgan fingerprint density at radius 3 is 1.57 bits per heavy atom. The van der Waals surface area contributed by atoms with Gasteiger partial charge in [-0.05, 0) is 19.3 Å². The molecule has 30 heavy (non-hydrogen) atoms. The molecule has 0 saturated carbocycles. The first-order chi connectivity index (χ1) is 14.4. The van der Waals surface area contributed by atoms with Crippen molar-refractivity contribution in [2.45, 2.75) is 127 Å². The predicted octanol–water partition coefficient (Wildman–Crippen LogP) is 8.13. The van der Waals surface area contributed by atoms with Gasteiger partial charge in [0.05, 0.1) is 19.6 Å². The third-order valence-electron chi connectivity index (χ3n) is 4.57. The summed E-state index contributed by atoms with van der Waals surface area (Å²) in [7, 11) is 0. The molecule has 2 unspecified atom stereocenters. The molecule has 4 nitrogen and oxygen atoms in total. The third-order valence-corrected chi connectivity index (χ3v) is 5.91. The van der Waals surface area contributed by atoms with Crippen LogP contribution in [0, 0.1) is 0 Å². The number of rotatable bonds is 18. The van der Waals surface area contributed by atoms with Crippen LogP contribution < -0.4 is 0 Å². The molecule has 180 valence electrons. The number of hydrogen-bond acceptors (Lipinski definition) is 4. The van der Waals surface area contributed by atoms with E-state index in [2.05, 4.69) is 45.7 Å². The van der Waals surface area contributed by atoms with E-state index >= 15 is 0 Å². The molecule has 0 aliphatic heterocycles. The van der Waals surface area contributed by atoms with Crippen LogP contribution in [0.2, 0.25) is 0 Å². The summed E-state index contributed by atoms with van der Waals surface area (Å²) < 4.78 is 10.2. The van der Waals surface area contributed by atoms with Crippen LogP contribution in [0.15, 0.2) is 0 Å². The average Bonchev–Trinajstić information content (AvgIpc) is 2.71. The van der Waals surface area contributed by atoms with Crippen LogP contribution in [0.4, 0.5) is 0 Å². The van der Waals surface area contributed by atoms with E-state index in [1.54, 1.807) is 0 Å². The first-order valence-electron chi connectivity index (χ1n) is 12.0. The number of alkyl halides is 2. The quantitative estimate of drug-likeness (QED) is 0.0969. The van der Waals surface area contributed by atoms with Crippen LogP contribution in [0.5, 0.6) is 0 Å². The minimum atomic E-state index is -0.127. The molecule has 0 amide bonds. The topological polar surface area (TPSA) is 52.6 Å². The molecule has 0 aromatic carbocycles. The second-order valence-corrected chi connectivity index (χ2v) is 10.5. The lowest BCUT2D eigenvalue weighted by molar-refractivity contribution is -0.144. The van der Waals surface area contributed by atoms with Crippen LogP contribution in [0.1, 0.15) is 118 Å². The second-order valence-electron chi connectivity index (χ2n) is 7.78. The number of carbonyl (C=O) groups is 2. The largest absolute Gasteiger partial charge is 0.466 e. The molecule has 2 atom stereocenters. The molecule has 0 heterocycles. The first kappa shape index (κ1) is 32.1. The van der Waals surface area contributed by atoms with E-state index in [-0.39, 0.29) is 21.6 Å². The fourth-order valence-electron chi connectivity index (χ4n) is 2.67. The molecule has 0 radical (unpaired) electrons. The lowest BCUT2D eigenvalue weighted by Crippen LogP contribution is -2.16. The van der Waals surface area contributed by atoms with Crippen molar-refractivity contribution in [1.29, 1.82) is 0 Å². The van der Waals surface area contributed by atoms with Gasteiger partial charge in [-0.1, -0.05) is 124 Å². The van der Waals surface area contributed by atoms with Gasteiger partial charge in [-0.3, -0.25) is 9.59 Å². The Morgan fingerprint density at radius 1 is 0.700 bits per heavy atom. The fourth-order valence-corrected chi connectivity index (χ4v) is 3.07. The lowest BCUT2D eigenvalue weighted by atomic mass is 10.1. The fraction of sp³-hybridized carbons (Fsp3) is 0.917. The number of ether oxygens (including phenoxy) is 2. The molecule has 0 rings (SSSR count). The summed E-state index contributed by atoms with van der Waals surface area (Å²) in [6.07, 6.45) is 15.9. The Balaban J connectivity index is 0. The number of hydrogen-bond donors (Lipinski definition) is 0. The zero-order chi connectivity index (χ0) is 23.0. The Labute approximate surface area is 202 Å². The van der Waals surface area contributed by atoms with Crippen molar-refractivity contribution in [3.8, 4) is 0 Å². The van der Waals surface area contributed by atoms with Crippen molar-refractivity contribution in [3.05, 3.63) is 0 Å². The summed E-state index contributed by atoms with van der Waals surface area (Å²) in [5.41, 5.74) is 0. The highest BCUT2D eigenvalue weighted by molar-refractivity contribution is 9.10. The summed E-state index contributed by atoms with van der Waals surface area (Å²) in [5, 5.41) is 0. The van der Waals surface area contributed by atoms with Crippen LogP contribution in [-0.4, -0.2) is 34.8 Å². The Morgan fingerprint density at radius 2 is 1.13 bits per heavy atom. The monoisotopic (exact) mass is 556 g/mol. The van der Waals surface area contributed by atoms with Crippen molar-refractivity contribution in [2.24, 2.45) is 0 Å². The van der Waals surface area contributed by atoms with Gasteiger partial charge in [-0.25, -0.2) is 0 Å². The lowest BCUT2D eigenvalue weighted by Gasteiger charge is -2.07. The molecule has 0 bridgehead atoms. The van der Waals surface area contributed by atoms with Crippen molar-refractivity contribution < 1.29 is 19.1 Å². The Kier molecular flexibility index (Phi) is 26.9. The van der Waals surface area contributed by atoms with Gasteiger partial charge in [-0.2, -0.15) is 0 Å². The summed E-state index contributed by atoms with van der Waals surface area (Å²) in [6.45, 7) is 9.50. The maximum Gasteiger partial charge on any atom is 0.319 e. The third kappa shape index (κ3) is 25.9. The number of esters is 2. The summed E-state index contributed by atoms with van der Waals surface area (Å²) in [4.78, 5) is 22.5. The van der Waals surface area contributed by atoms with E-state index in [0.717, 1.165) is 19.3 Å². The van der Waals surface area contributed by atoms with E-state index in [4.69, 9.17) is 9.47 Å². The molecule has 0 aromatic heterocycles. The average molecular weight is 558 g/mol. The highest BCUT2D eigenvalue weighted by atomic mass is 79.9. The summed E-state index contributed by atoms with van der Waals surface area (Å²) in [6, 6.07) is 0. The van der Waals surface area contributed by atoms with Crippen LogP contribution in [0.25, 0.3) is 0 Å². The van der Waals surface area contributed by atoms with Gasteiger partial charge in [-0.15, -0.1) is 0 Å². The number of unbranched alkanes of at least 4 members (excludes halogenated alkanes) is 10. The van der Waals surface area contributed by atoms with E-state index in [0.29, 0.717) is 19.6 Å². The zero-order valence-corrected chi connectivity index (χ0v) is 23.0. The highest BCUT2D eigenvalue weighted by Gasteiger charge is 2.12. The van der Waals surface area contributed by atoms with E-state index in [9.17, 15) is 9.59 Å². The molecule has 0 spiro atoms. The Hall–Kier alpha value is -0.100. The van der Waals surface area contributed by atoms with Crippen molar-refractivity contribution >= 4 is 43.8 Å². The van der Waals surface area contributed by atoms with E-state index in [1.165, 1.54) is 64.2 Å². The molecule has 0 aliphatic carbocycles. The molecule has 0 aromatic rings. The van der Waals surface area contributed by atoms with Gasteiger partial charge < -0.3 is 9.47 Å². The molecule has 0 N–H and O–H groups in total. The van der Waals surface area contributed by atoms with E-state index in [1.807, 2.05) is 13.8 Å². The van der Waals surface area contributed by atoms with Crippen LogP contribution in [-0.2, 0) is 19.1 Å². The maximum absolute atomic E-state index is 11.2. The second kappa shape index (κ2) is 25.2. The molecule has 0 aliphatic rings. The Bertz CT molecular complexity index is 389. The molecular formula is C24H46Br2O4. The van der Waals surface area contributed by atoms with Crippen LogP contribution in [0.3, 0.4) is 0 Å². The van der Waals surface area contributed by atoms with Gasteiger partial charge in [0.25, 0.3) is 0 Å². The summed E-state index contributed by atoms with van der Waals surface area (Å²) in [5.74, 6) is -0.209. The standard InChI is InChI=1S/2C12H23BrO2/c1-3-4-5-6-7-8-9-15-12(14)10-11(2)13;1-3-5-6-7-8-9-10-15-12(14)11(13)4-2/h2*11H,3-10H2,1-2H3. The van der Waals surface area contributed by atoms with Crippen LogP contribution >= 0.6 is 31.9 Å². The SMILES string of the molecule is CCCCCCCCOC(=O)C(Br)CC.CCCCCCCCOC(=O)CC(C)Br. The maximum atomic E-state index is 11.2. The van der Waals surface area contributed by atoms with Gasteiger partial charge in [0.1, 0.15) is 4.83 Å². The van der Waals surface area contributed by atoms with Crippen molar-refractivity contribution in [2.75, 3.05) is 13.2 Å². The van der Waals surface area contributed by atoms with Crippen molar-refractivity contribution in [3.63, 3.8) is 0 Å². The van der Waals surface area contributed by atoms with Gasteiger partial charge in [0.15, 0.2) is 0 Å². The summed E-state index contributed by atoms with van der Waals surface area (Å²) >= 11 is 6.60. The minimum absolute atomic E-state index is 0.0899. The normalized spacial score (nSPS) is 12.5.